The predicted octanol–water partition coefficient (Wildman–Crippen LogP) is 1.77. The lowest BCUT2D eigenvalue weighted by Gasteiger charge is -2.30. The summed E-state index contributed by atoms with van der Waals surface area (Å²) in [6.45, 7) is -0.949. The quantitative estimate of drug-likeness (QED) is 0.395. The Labute approximate surface area is 224 Å². The van der Waals surface area contributed by atoms with Crippen LogP contribution in [-0.4, -0.2) is 65.2 Å². The highest BCUT2D eigenvalue weighted by Gasteiger charge is 2.51. The molecule has 3 unspecified atom stereocenters. The zero-order valence-corrected chi connectivity index (χ0v) is 21.1. The largest absolute Gasteiger partial charge is 0.454 e. The van der Waals surface area contributed by atoms with Crippen LogP contribution in [0.5, 0.6) is 11.5 Å². The topological polar surface area (TPSA) is 117 Å². The second-order valence-electron chi connectivity index (χ2n) is 9.46. The number of rotatable bonds is 10. The van der Waals surface area contributed by atoms with Gasteiger partial charge in [-0.05, 0) is 29.7 Å². The highest BCUT2D eigenvalue weighted by atomic mass is 19.3. The van der Waals surface area contributed by atoms with Gasteiger partial charge in [-0.15, -0.1) is 12.3 Å². The zero-order chi connectivity index (χ0) is 28.0. The SMILES string of the molecule is C#CCCC(=O)NC(Cc1ccccc1)C(O)C(=O)N1CC(F)(F)CC1C(=O)NCc1ccc2c(c1)OCO2. The molecule has 0 aromatic heterocycles. The van der Waals surface area contributed by atoms with Crippen molar-refractivity contribution in [2.24, 2.45) is 0 Å². The molecule has 2 heterocycles. The molecule has 2 aromatic rings. The summed E-state index contributed by atoms with van der Waals surface area (Å²) in [7, 11) is 0. The molecule has 9 nitrogen and oxygen atoms in total. The molecule has 1 fully saturated rings. The number of aliphatic hydroxyl groups is 1. The van der Waals surface area contributed by atoms with E-state index in [-0.39, 0.29) is 32.6 Å². The van der Waals surface area contributed by atoms with E-state index in [9.17, 15) is 28.3 Å². The van der Waals surface area contributed by atoms with Crippen LogP contribution in [0.3, 0.4) is 0 Å². The lowest BCUT2D eigenvalue weighted by atomic mass is 9.99. The molecule has 39 heavy (non-hydrogen) atoms. The van der Waals surface area contributed by atoms with Gasteiger partial charge < -0.3 is 30.1 Å². The van der Waals surface area contributed by atoms with Gasteiger partial charge in [0.1, 0.15) is 6.04 Å². The first-order valence-corrected chi connectivity index (χ1v) is 12.5. The summed E-state index contributed by atoms with van der Waals surface area (Å²) in [6, 6.07) is 11.2. The van der Waals surface area contributed by atoms with E-state index in [1.165, 1.54) is 0 Å². The van der Waals surface area contributed by atoms with E-state index in [2.05, 4.69) is 16.6 Å². The lowest BCUT2D eigenvalue weighted by Crippen LogP contribution is -2.55. The highest BCUT2D eigenvalue weighted by molar-refractivity contribution is 5.91. The van der Waals surface area contributed by atoms with Crippen molar-refractivity contribution in [1.82, 2.24) is 15.5 Å². The Balaban J connectivity index is 1.47. The second kappa shape index (κ2) is 12.1. The Hall–Kier alpha value is -4.17. The number of nitrogens with zero attached hydrogens (tertiary/aromatic N) is 1. The van der Waals surface area contributed by atoms with Crippen LogP contribution in [0, 0.1) is 12.3 Å². The van der Waals surface area contributed by atoms with Crippen molar-refractivity contribution in [3.05, 3.63) is 59.7 Å². The Morgan fingerprint density at radius 3 is 2.62 bits per heavy atom. The number of ether oxygens (including phenoxy) is 2. The summed E-state index contributed by atoms with van der Waals surface area (Å²) in [5.74, 6) is -2.29. The van der Waals surface area contributed by atoms with Crippen molar-refractivity contribution >= 4 is 17.7 Å². The maximum absolute atomic E-state index is 14.5. The number of carbonyl (C=O) groups is 3. The number of fused-ring (bicyclic) bond motifs is 1. The Kier molecular flexibility index (Phi) is 8.66. The van der Waals surface area contributed by atoms with Crippen molar-refractivity contribution in [2.45, 2.75) is 56.3 Å². The zero-order valence-electron chi connectivity index (χ0n) is 21.1. The summed E-state index contributed by atoms with van der Waals surface area (Å²) in [5.41, 5.74) is 1.35. The van der Waals surface area contributed by atoms with Gasteiger partial charge in [0.25, 0.3) is 11.8 Å². The third-order valence-corrected chi connectivity index (χ3v) is 6.53. The molecule has 3 N–H and O–H groups in total. The average Bonchev–Trinajstić information content (AvgIpc) is 3.53. The third kappa shape index (κ3) is 7.03. The van der Waals surface area contributed by atoms with E-state index >= 15 is 0 Å². The fourth-order valence-corrected chi connectivity index (χ4v) is 4.56. The van der Waals surface area contributed by atoms with Gasteiger partial charge in [0.2, 0.25) is 18.6 Å². The molecule has 0 spiro atoms. The molecule has 11 heteroatoms. The molecule has 0 aliphatic carbocycles. The number of likely N-dealkylation sites (tertiary alicyclic amines) is 1. The van der Waals surface area contributed by atoms with E-state index in [0.717, 1.165) is 0 Å². The summed E-state index contributed by atoms with van der Waals surface area (Å²) >= 11 is 0. The first-order chi connectivity index (χ1) is 18.7. The molecule has 3 amide bonds. The van der Waals surface area contributed by atoms with E-state index in [1.54, 1.807) is 48.5 Å². The van der Waals surface area contributed by atoms with E-state index in [4.69, 9.17) is 15.9 Å². The monoisotopic (exact) mass is 541 g/mol. The molecule has 1 saturated heterocycles. The maximum Gasteiger partial charge on any atom is 0.267 e. The third-order valence-electron chi connectivity index (χ3n) is 6.53. The van der Waals surface area contributed by atoms with Crippen molar-refractivity contribution in [1.29, 1.82) is 0 Å². The number of halogens is 2. The minimum Gasteiger partial charge on any atom is -0.454 e. The van der Waals surface area contributed by atoms with Crippen LogP contribution >= 0.6 is 0 Å². The van der Waals surface area contributed by atoms with Crippen molar-refractivity contribution in [2.75, 3.05) is 13.3 Å². The minimum absolute atomic E-state index is 0.00396. The summed E-state index contributed by atoms with van der Waals surface area (Å²) in [6.07, 6.45) is 2.62. The van der Waals surface area contributed by atoms with Crippen LogP contribution in [0.25, 0.3) is 0 Å². The van der Waals surface area contributed by atoms with E-state index in [0.29, 0.717) is 27.5 Å². The number of alkyl halides is 2. The van der Waals surface area contributed by atoms with Crippen LogP contribution in [0.1, 0.15) is 30.4 Å². The summed E-state index contributed by atoms with van der Waals surface area (Å²) in [5, 5.41) is 16.2. The number of hydrogen-bond donors (Lipinski definition) is 3. The first-order valence-electron chi connectivity index (χ1n) is 12.5. The molecule has 0 radical (unpaired) electrons. The number of benzene rings is 2. The van der Waals surface area contributed by atoms with Crippen LogP contribution in [0.2, 0.25) is 0 Å². The standard InChI is InChI=1S/C28H29F2N3O6/c1-2-3-9-24(34)32-20(12-18-7-5-4-6-8-18)25(35)27(37)33-16-28(29,30)14-21(33)26(36)31-15-19-10-11-22-23(13-19)39-17-38-22/h1,4-8,10-11,13,20-21,25,35H,3,9,12,14-17H2,(H,31,36)(H,32,34). The van der Waals surface area contributed by atoms with Crippen molar-refractivity contribution in [3.63, 3.8) is 0 Å². The van der Waals surface area contributed by atoms with Crippen molar-refractivity contribution in [3.8, 4) is 23.8 Å². The molecule has 2 aliphatic heterocycles. The van der Waals surface area contributed by atoms with Gasteiger partial charge in [0, 0.05) is 25.8 Å². The van der Waals surface area contributed by atoms with Gasteiger partial charge >= 0.3 is 0 Å². The van der Waals surface area contributed by atoms with E-state index in [1.807, 2.05) is 0 Å². The van der Waals surface area contributed by atoms with Gasteiger partial charge in [0.05, 0.1) is 12.6 Å². The van der Waals surface area contributed by atoms with Crippen LogP contribution in [0.4, 0.5) is 8.78 Å². The molecular formula is C28H29F2N3O6. The Morgan fingerprint density at radius 2 is 1.87 bits per heavy atom. The molecule has 4 rings (SSSR count). The molecule has 206 valence electrons. The van der Waals surface area contributed by atoms with Crippen LogP contribution in [0.15, 0.2) is 48.5 Å². The average molecular weight is 542 g/mol. The fraction of sp³-hybridized carbons (Fsp3) is 0.393. The van der Waals surface area contributed by atoms with Crippen molar-refractivity contribution < 1.29 is 37.7 Å². The number of hydrogen-bond acceptors (Lipinski definition) is 6. The highest BCUT2D eigenvalue weighted by Crippen LogP contribution is 2.34. The number of nitrogens with one attached hydrogen (secondary N) is 2. The molecule has 0 saturated carbocycles. The second-order valence-corrected chi connectivity index (χ2v) is 9.46. The van der Waals surface area contributed by atoms with Crippen LogP contribution < -0.4 is 20.1 Å². The normalized spacial score (nSPS) is 18.6. The molecule has 0 bridgehead atoms. The van der Waals surface area contributed by atoms with Gasteiger partial charge in [-0.3, -0.25) is 14.4 Å². The Bertz CT molecular complexity index is 1250. The van der Waals surface area contributed by atoms with Crippen LogP contribution in [-0.2, 0) is 27.3 Å². The Morgan fingerprint density at radius 1 is 1.13 bits per heavy atom. The maximum atomic E-state index is 14.5. The summed E-state index contributed by atoms with van der Waals surface area (Å²) < 4.78 is 39.5. The lowest BCUT2D eigenvalue weighted by molar-refractivity contribution is -0.147. The van der Waals surface area contributed by atoms with Gasteiger partial charge in [0.15, 0.2) is 17.6 Å². The molecule has 2 aliphatic rings. The smallest absolute Gasteiger partial charge is 0.267 e. The number of aliphatic hydroxyl groups excluding tert-OH is 1. The molecule has 2 aromatic carbocycles. The van der Waals surface area contributed by atoms with E-state index < -0.39 is 54.8 Å². The number of terminal acetylenes is 1. The number of carbonyl (C=O) groups excluding carboxylic acids is 3. The number of amides is 3. The fourth-order valence-electron chi connectivity index (χ4n) is 4.56. The van der Waals surface area contributed by atoms with Gasteiger partial charge in [-0.2, -0.15) is 0 Å². The first kappa shape index (κ1) is 27.9. The summed E-state index contributed by atoms with van der Waals surface area (Å²) in [4.78, 5) is 39.4. The molecular weight excluding hydrogens is 512 g/mol. The predicted molar refractivity (Wildman–Crippen MR) is 136 cm³/mol. The minimum atomic E-state index is -3.33. The van der Waals surface area contributed by atoms with Gasteiger partial charge in [-0.1, -0.05) is 36.4 Å². The van der Waals surface area contributed by atoms with Gasteiger partial charge in [-0.25, -0.2) is 8.78 Å². The molecule has 3 atom stereocenters.